The van der Waals surface area contributed by atoms with Crippen LogP contribution in [0, 0.1) is 5.92 Å². The number of oxazole rings is 1. The van der Waals surface area contributed by atoms with E-state index in [1.807, 2.05) is 0 Å². The molecule has 0 aromatic carbocycles. The Kier molecular flexibility index (Phi) is 5.68. The van der Waals surface area contributed by atoms with Gasteiger partial charge in [-0.3, -0.25) is 9.59 Å². The smallest absolute Gasteiger partial charge is 0.289 e. The van der Waals surface area contributed by atoms with Crippen molar-refractivity contribution in [3.05, 3.63) is 17.8 Å². The summed E-state index contributed by atoms with van der Waals surface area (Å²) in [5, 5.41) is 13.0. The molecule has 1 aromatic heterocycles. The molecule has 3 fully saturated rings. The number of nitrogens with zero attached hydrogens (tertiary/aromatic N) is 2. The van der Waals surface area contributed by atoms with Gasteiger partial charge in [-0.05, 0) is 44.4 Å². The first-order chi connectivity index (χ1) is 13.6. The number of hydrogen-bond acceptors (Lipinski definition) is 6. The highest BCUT2D eigenvalue weighted by molar-refractivity contribution is 5.91. The van der Waals surface area contributed by atoms with E-state index >= 15 is 0 Å². The summed E-state index contributed by atoms with van der Waals surface area (Å²) in [5.74, 6) is 1.18. The first kappa shape index (κ1) is 19.4. The van der Waals surface area contributed by atoms with Crippen molar-refractivity contribution in [2.75, 3.05) is 32.9 Å². The van der Waals surface area contributed by atoms with Crippen molar-refractivity contribution < 1.29 is 23.8 Å². The monoisotopic (exact) mass is 391 g/mol. The molecule has 2 amide bonds. The lowest BCUT2D eigenvalue weighted by Gasteiger charge is -2.42. The summed E-state index contributed by atoms with van der Waals surface area (Å²) < 4.78 is 10.9. The largest absolute Gasteiger partial charge is 0.435 e. The Bertz CT molecular complexity index is 710. The number of hydrogen-bond donors (Lipinski definition) is 2. The number of carbonyl (C=O) groups is 2. The standard InChI is InChI=1S/C20H29N3O5/c24-13-20(22-18(26)16-11-21-19(28-16)15-2-3-15)6-1-7-23(12-20)17(25)10-14-4-8-27-9-5-14/h11,14-15,24H,1-10,12-13H2,(H,22,26). The molecular weight excluding hydrogens is 362 g/mol. The van der Waals surface area contributed by atoms with E-state index in [-0.39, 0.29) is 24.2 Å². The van der Waals surface area contributed by atoms with Crippen LogP contribution in [0.5, 0.6) is 0 Å². The molecule has 1 atom stereocenters. The number of carbonyl (C=O) groups excluding carboxylic acids is 2. The molecule has 0 radical (unpaired) electrons. The van der Waals surface area contributed by atoms with Crippen LogP contribution in [0.15, 0.2) is 10.6 Å². The van der Waals surface area contributed by atoms with Gasteiger partial charge in [-0.15, -0.1) is 0 Å². The summed E-state index contributed by atoms with van der Waals surface area (Å²) >= 11 is 0. The quantitative estimate of drug-likeness (QED) is 0.761. The average molecular weight is 391 g/mol. The van der Waals surface area contributed by atoms with E-state index in [1.54, 1.807) is 4.90 Å². The number of ether oxygens (including phenoxy) is 1. The highest BCUT2D eigenvalue weighted by Crippen LogP contribution is 2.39. The fourth-order valence-corrected chi connectivity index (χ4v) is 4.16. The second kappa shape index (κ2) is 8.21. The van der Waals surface area contributed by atoms with E-state index < -0.39 is 5.54 Å². The first-order valence-corrected chi connectivity index (χ1v) is 10.3. The predicted octanol–water partition coefficient (Wildman–Crippen LogP) is 1.45. The Hall–Kier alpha value is -1.93. The van der Waals surface area contributed by atoms with Crippen LogP contribution in [-0.4, -0.2) is 65.3 Å². The number of likely N-dealkylation sites (tertiary alicyclic amines) is 1. The van der Waals surface area contributed by atoms with Crippen LogP contribution < -0.4 is 5.32 Å². The van der Waals surface area contributed by atoms with Gasteiger partial charge in [0.05, 0.1) is 18.3 Å². The lowest BCUT2D eigenvalue weighted by Crippen LogP contribution is -2.61. The van der Waals surface area contributed by atoms with E-state index in [1.165, 1.54) is 6.20 Å². The van der Waals surface area contributed by atoms with Crippen molar-refractivity contribution >= 4 is 11.8 Å². The van der Waals surface area contributed by atoms with Gasteiger partial charge in [-0.25, -0.2) is 4.98 Å². The minimum Gasteiger partial charge on any atom is -0.435 e. The third-order valence-electron chi connectivity index (χ3n) is 6.09. The third kappa shape index (κ3) is 4.38. The van der Waals surface area contributed by atoms with Gasteiger partial charge in [-0.2, -0.15) is 0 Å². The number of aliphatic hydroxyl groups is 1. The number of aromatic nitrogens is 1. The van der Waals surface area contributed by atoms with Gasteiger partial charge in [0.15, 0.2) is 5.89 Å². The molecule has 1 aliphatic carbocycles. The Morgan fingerprint density at radius 3 is 2.79 bits per heavy atom. The van der Waals surface area contributed by atoms with Gasteiger partial charge in [-0.1, -0.05) is 0 Å². The van der Waals surface area contributed by atoms with Crippen molar-refractivity contribution in [2.24, 2.45) is 5.92 Å². The van der Waals surface area contributed by atoms with Gasteiger partial charge in [0, 0.05) is 38.6 Å². The molecule has 1 aromatic rings. The van der Waals surface area contributed by atoms with Gasteiger partial charge >= 0.3 is 0 Å². The summed E-state index contributed by atoms with van der Waals surface area (Å²) in [4.78, 5) is 31.4. The summed E-state index contributed by atoms with van der Waals surface area (Å²) in [7, 11) is 0. The molecule has 2 saturated heterocycles. The van der Waals surface area contributed by atoms with Crippen molar-refractivity contribution in [1.29, 1.82) is 0 Å². The molecule has 8 nitrogen and oxygen atoms in total. The van der Waals surface area contributed by atoms with Crippen LogP contribution in [0.25, 0.3) is 0 Å². The normalized spacial score (nSPS) is 26.2. The second-order valence-corrected chi connectivity index (χ2v) is 8.41. The topological polar surface area (TPSA) is 105 Å². The Balaban J connectivity index is 1.37. The molecule has 154 valence electrons. The molecule has 0 spiro atoms. The second-order valence-electron chi connectivity index (χ2n) is 8.41. The van der Waals surface area contributed by atoms with Gasteiger partial charge in [0.25, 0.3) is 5.91 Å². The first-order valence-electron chi connectivity index (χ1n) is 10.3. The number of piperidine rings is 1. The molecule has 0 bridgehead atoms. The molecule has 28 heavy (non-hydrogen) atoms. The number of rotatable bonds is 6. The number of nitrogens with one attached hydrogen (secondary N) is 1. The number of amides is 2. The van der Waals surface area contributed by atoms with Gasteiger partial charge < -0.3 is 24.5 Å². The molecule has 3 heterocycles. The third-order valence-corrected chi connectivity index (χ3v) is 6.09. The van der Waals surface area contributed by atoms with Crippen LogP contribution in [0.2, 0.25) is 0 Å². The molecule has 2 N–H and O–H groups in total. The Labute approximate surface area is 164 Å². The molecule has 1 unspecified atom stereocenters. The summed E-state index contributed by atoms with van der Waals surface area (Å²) in [5.41, 5.74) is -0.840. The maximum Gasteiger partial charge on any atom is 0.289 e. The maximum atomic E-state index is 12.8. The van der Waals surface area contributed by atoms with E-state index in [2.05, 4.69) is 10.3 Å². The maximum absolute atomic E-state index is 12.8. The van der Waals surface area contributed by atoms with Crippen molar-refractivity contribution in [3.63, 3.8) is 0 Å². The molecular formula is C20H29N3O5. The molecule has 4 rings (SSSR count). The minimum atomic E-state index is -0.840. The lowest BCUT2D eigenvalue weighted by molar-refractivity contribution is -0.135. The fourth-order valence-electron chi connectivity index (χ4n) is 4.16. The highest BCUT2D eigenvalue weighted by atomic mass is 16.5. The molecule has 1 saturated carbocycles. The lowest BCUT2D eigenvalue weighted by atomic mass is 9.88. The number of aliphatic hydroxyl groups excluding tert-OH is 1. The van der Waals surface area contributed by atoms with Crippen LogP contribution in [0.4, 0.5) is 0 Å². The van der Waals surface area contributed by atoms with Crippen LogP contribution in [0.1, 0.15) is 67.3 Å². The molecule has 3 aliphatic rings. The van der Waals surface area contributed by atoms with E-state index in [9.17, 15) is 14.7 Å². The Morgan fingerprint density at radius 2 is 2.07 bits per heavy atom. The zero-order valence-electron chi connectivity index (χ0n) is 16.2. The fraction of sp³-hybridized carbons (Fsp3) is 0.750. The van der Waals surface area contributed by atoms with E-state index in [0.29, 0.717) is 56.9 Å². The zero-order chi connectivity index (χ0) is 19.6. The van der Waals surface area contributed by atoms with Crippen LogP contribution in [-0.2, 0) is 9.53 Å². The van der Waals surface area contributed by atoms with Gasteiger partial charge in [0.2, 0.25) is 11.7 Å². The van der Waals surface area contributed by atoms with E-state index in [4.69, 9.17) is 9.15 Å². The van der Waals surface area contributed by atoms with E-state index in [0.717, 1.165) is 32.1 Å². The van der Waals surface area contributed by atoms with Gasteiger partial charge in [0.1, 0.15) is 0 Å². The summed E-state index contributed by atoms with van der Waals surface area (Å²) in [6, 6.07) is 0. The Morgan fingerprint density at radius 1 is 1.29 bits per heavy atom. The SMILES string of the molecule is O=C(NC1(CO)CCCN(C(=O)CC2CCOCC2)C1)c1cnc(C2CC2)o1. The van der Waals surface area contributed by atoms with Crippen LogP contribution in [0.3, 0.4) is 0 Å². The van der Waals surface area contributed by atoms with Crippen LogP contribution >= 0.6 is 0 Å². The van der Waals surface area contributed by atoms with Crippen molar-refractivity contribution in [2.45, 2.75) is 56.4 Å². The highest BCUT2D eigenvalue weighted by Gasteiger charge is 2.39. The predicted molar refractivity (Wildman–Crippen MR) is 99.7 cm³/mol. The van der Waals surface area contributed by atoms with Crippen molar-refractivity contribution in [1.82, 2.24) is 15.2 Å². The summed E-state index contributed by atoms with van der Waals surface area (Å²) in [6.45, 7) is 2.20. The minimum absolute atomic E-state index is 0.0920. The summed E-state index contributed by atoms with van der Waals surface area (Å²) in [6.07, 6.45) is 7.24. The zero-order valence-corrected chi connectivity index (χ0v) is 16.2. The molecule has 2 aliphatic heterocycles. The van der Waals surface area contributed by atoms with Crippen molar-refractivity contribution in [3.8, 4) is 0 Å². The molecule has 8 heteroatoms. The average Bonchev–Trinajstić information content (AvgIpc) is 3.45.